The molecule has 0 aliphatic heterocycles. The summed E-state index contributed by atoms with van der Waals surface area (Å²) in [6, 6.07) is 7.95. The summed E-state index contributed by atoms with van der Waals surface area (Å²) in [5.74, 6) is 0. The molecule has 1 aromatic carbocycles. The van der Waals surface area contributed by atoms with Crippen molar-refractivity contribution in [3.8, 4) is 0 Å². The largest absolute Gasteiger partial charge is 0.396 e. The molecule has 1 heterocycles. The molecule has 0 saturated carbocycles. The van der Waals surface area contributed by atoms with Gasteiger partial charge in [0, 0.05) is 29.7 Å². The molecule has 0 aliphatic carbocycles. The summed E-state index contributed by atoms with van der Waals surface area (Å²) in [5, 5.41) is 9.96. The number of aromatic amines is 1. The molecule has 14 heavy (non-hydrogen) atoms. The lowest BCUT2D eigenvalue weighted by Crippen LogP contribution is -2.11. The van der Waals surface area contributed by atoms with Crippen molar-refractivity contribution < 1.29 is 5.11 Å². The molecule has 4 N–H and O–H groups in total. The van der Waals surface area contributed by atoms with Crippen LogP contribution in [0.4, 0.5) is 0 Å². The average Bonchev–Trinajstić information content (AvgIpc) is 2.61. The van der Waals surface area contributed by atoms with Crippen LogP contribution in [0.15, 0.2) is 30.5 Å². The topological polar surface area (TPSA) is 62.0 Å². The highest BCUT2D eigenvalue weighted by atomic mass is 16.3. The molecule has 0 saturated heterocycles. The monoisotopic (exact) mass is 190 g/mol. The summed E-state index contributed by atoms with van der Waals surface area (Å²) in [7, 11) is 0. The fourth-order valence-corrected chi connectivity index (χ4v) is 1.70. The lowest BCUT2D eigenvalue weighted by Gasteiger charge is -2.07. The van der Waals surface area contributed by atoms with Crippen LogP contribution in [0.3, 0.4) is 0 Å². The van der Waals surface area contributed by atoms with Crippen LogP contribution in [-0.2, 0) is 0 Å². The highest BCUT2D eigenvalue weighted by Gasteiger charge is 2.10. The van der Waals surface area contributed by atoms with Gasteiger partial charge in [-0.15, -0.1) is 0 Å². The van der Waals surface area contributed by atoms with Crippen molar-refractivity contribution in [3.05, 3.63) is 36.0 Å². The van der Waals surface area contributed by atoms with Gasteiger partial charge >= 0.3 is 0 Å². The Kier molecular flexibility index (Phi) is 2.52. The molecule has 0 radical (unpaired) electrons. The van der Waals surface area contributed by atoms with E-state index in [2.05, 4.69) is 4.98 Å². The van der Waals surface area contributed by atoms with Crippen molar-refractivity contribution in [2.45, 2.75) is 12.5 Å². The molecule has 3 heteroatoms. The number of benzene rings is 1. The molecule has 1 unspecified atom stereocenters. The van der Waals surface area contributed by atoms with Gasteiger partial charge in [-0.25, -0.2) is 0 Å². The van der Waals surface area contributed by atoms with Crippen molar-refractivity contribution in [3.63, 3.8) is 0 Å². The fourth-order valence-electron chi connectivity index (χ4n) is 1.70. The van der Waals surface area contributed by atoms with Gasteiger partial charge in [0.15, 0.2) is 0 Å². The summed E-state index contributed by atoms with van der Waals surface area (Å²) in [4.78, 5) is 3.17. The molecular weight excluding hydrogens is 176 g/mol. The summed E-state index contributed by atoms with van der Waals surface area (Å²) in [5.41, 5.74) is 8.11. The normalized spacial score (nSPS) is 13.3. The number of H-pyrrole nitrogens is 1. The van der Waals surface area contributed by atoms with Gasteiger partial charge in [0.05, 0.1) is 0 Å². The first-order valence-electron chi connectivity index (χ1n) is 4.75. The van der Waals surface area contributed by atoms with E-state index >= 15 is 0 Å². The lowest BCUT2D eigenvalue weighted by molar-refractivity contribution is 0.277. The predicted octanol–water partition coefficient (Wildman–Crippen LogP) is 1.55. The SMILES string of the molecule is NC(CCO)c1c[nH]c2ccccc12. The molecule has 2 rings (SSSR count). The van der Waals surface area contributed by atoms with Crippen molar-refractivity contribution in [2.75, 3.05) is 6.61 Å². The number of nitrogens with two attached hydrogens (primary N) is 1. The zero-order valence-electron chi connectivity index (χ0n) is 7.90. The number of hydrogen-bond donors (Lipinski definition) is 3. The standard InChI is InChI=1S/C11H14N2O/c12-10(5-6-14)9-7-13-11-4-2-1-3-8(9)11/h1-4,7,10,13-14H,5-6,12H2. The molecular formula is C11H14N2O. The molecule has 1 atom stereocenters. The smallest absolute Gasteiger partial charge is 0.0457 e. The van der Waals surface area contributed by atoms with Crippen molar-refractivity contribution in [1.29, 1.82) is 0 Å². The lowest BCUT2D eigenvalue weighted by atomic mass is 10.0. The number of para-hydroxylation sites is 1. The Morgan fingerprint density at radius 3 is 2.93 bits per heavy atom. The van der Waals surface area contributed by atoms with E-state index in [1.54, 1.807) is 0 Å². The summed E-state index contributed by atoms with van der Waals surface area (Å²) in [6.45, 7) is 0.126. The molecule has 0 aliphatic rings. The van der Waals surface area contributed by atoms with Gasteiger partial charge in [-0.2, -0.15) is 0 Å². The maximum atomic E-state index is 8.82. The number of aromatic nitrogens is 1. The Morgan fingerprint density at radius 1 is 1.36 bits per heavy atom. The first-order valence-corrected chi connectivity index (χ1v) is 4.75. The second-order valence-corrected chi connectivity index (χ2v) is 3.41. The quantitative estimate of drug-likeness (QED) is 0.687. The summed E-state index contributed by atoms with van der Waals surface area (Å²) < 4.78 is 0. The van der Waals surface area contributed by atoms with Crippen LogP contribution in [0.5, 0.6) is 0 Å². The maximum Gasteiger partial charge on any atom is 0.0457 e. The van der Waals surface area contributed by atoms with Crippen LogP contribution in [-0.4, -0.2) is 16.7 Å². The predicted molar refractivity (Wildman–Crippen MR) is 56.9 cm³/mol. The van der Waals surface area contributed by atoms with E-state index < -0.39 is 0 Å². The van der Waals surface area contributed by atoms with Crippen LogP contribution in [0.25, 0.3) is 10.9 Å². The second kappa shape index (κ2) is 3.82. The number of nitrogens with one attached hydrogen (secondary N) is 1. The Hall–Kier alpha value is -1.32. The minimum absolute atomic E-state index is 0.0869. The van der Waals surface area contributed by atoms with Crippen LogP contribution >= 0.6 is 0 Å². The van der Waals surface area contributed by atoms with Gasteiger partial charge in [0.25, 0.3) is 0 Å². The molecule has 2 aromatic rings. The average molecular weight is 190 g/mol. The van der Waals surface area contributed by atoms with Gasteiger partial charge < -0.3 is 15.8 Å². The van der Waals surface area contributed by atoms with E-state index in [0.29, 0.717) is 6.42 Å². The third-order valence-corrected chi connectivity index (χ3v) is 2.46. The third kappa shape index (κ3) is 1.52. The third-order valence-electron chi connectivity index (χ3n) is 2.46. The first kappa shape index (κ1) is 9.24. The minimum Gasteiger partial charge on any atom is -0.396 e. The number of fused-ring (bicyclic) bond motifs is 1. The highest BCUT2D eigenvalue weighted by Crippen LogP contribution is 2.23. The zero-order valence-corrected chi connectivity index (χ0v) is 7.90. The van der Waals surface area contributed by atoms with E-state index in [1.165, 1.54) is 0 Å². The Bertz CT molecular complexity index is 422. The van der Waals surface area contributed by atoms with E-state index in [4.69, 9.17) is 10.8 Å². The molecule has 1 aromatic heterocycles. The van der Waals surface area contributed by atoms with Crippen LogP contribution in [0.1, 0.15) is 18.0 Å². The van der Waals surface area contributed by atoms with Gasteiger partial charge in [-0.3, -0.25) is 0 Å². The summed E-state index contributed by atoms with van der Waals surface area (Å²) in [6.07, 6.45) is 2.52. The minimum atomic E-state index is -0.0869. The fraction of sp³-hybridized carbons (Fsp3) is 0.273. The molecule has 0 amide bonds. The van der Waals surface area contributed by atoms with Crippen molar-refractivity contribution in [1.82, 2.24) is 4.98 Å². The van der Waals surface area contributed by atoms with Crippen LogP contribution < -0.4 is 5.73 Å². The molecule has 3 nitrogen and oxygen atoms in total. The first-order chi connectivity index (χ1) is 6.83. The second-order valence-electron chi connectivity index (χ2n) is 3.41. The maximum absolute atomic E-state index is 8.82. The van der Waals surface area contributed by atoms with Crippen LogP contribution in [0, 0.1) is 0 Å². The Morgan fingerprint density at radius 2 is 2.14 bits per heavy atom. The molecule has 0 fully saturated rings. The van der Waals surface area contributed by atoms with Gasteiger partial charge in [0.2, 0.25) is 0 Å². The van der Waals surface area contributed by atoms with Crippen LogP contribution in [0.2, 0.25) is 0 Å². The van der Waals surface area contributed by atoms with E-state index in [-0.39, 0.29) is 12.6 Å². The number of rotatable bonds is 3. The Labute approximate surface area is 82.6 Å². The van der Waals surface area contributed by atoms with Crippen molar-refractivity contribution in [2.24, 2.45) is 5.73 Å². The number of aliphatic hydroxyl groups is 1. The highest BCUT2D eigenvalue weighted by molar-refractivity contribution is 5.83. The summed E-state index contributed by atoms with van der Waals surface area (Å²) >= 11 is 0. The molecule has 0 spiro atoms. The van der Waals surface area contributed by atoms with E-state index in [9.17, 15) is 0 Å². The molecule has 74 valence electrons. The Balaban J connectivity index is 2.42. The molecule has 0 bridgehead atoms. The van der Waals surface area contributed by atoms with Gasteiger partial charge in [0.1, 0.15) is 0 Å². The zero-order chi connectivity index (χ0) is 9.97. The van der Waals surface area contributed by atoms with Crippen molar-refractivity contribution >= 4 is 10.9 Å². The number of hydrogen-bond acceptors (Lipinski definition) is 2. The van der Waals surface area contributed by atoms with Gasteiger partial charge in [-0.05, 0) is 18.1 Å². The van der Waals surface area contributed by atoms with E-state index in [0.717, 1.165) is 16.5 Å². The number of aliphatic hydroxyl groups excluding tert-OH is 1. The van der Waals surface area contributed by atoms with Gasteiger partial charge in [-0.1, -0.05) is 18.2 Å². The van der Waals surface area contributed by atoms with E-state index in [1.807, 2.05) is 30.5 Å².